The van der Waals surface area contributed by atoms with Crippen LogP contribution < -0.4 is 5.32 Å². The number of hydrogen-bond donors (Lipinski definition) is 2. The normalized spacial score (nSPS) is 10.2. The van der Waals surface area contributed by atoms with E-state index >= 15 is 0 Å². The van der Waals surface area contributed by atoms with Crippen molar-refractivity contribution in [3.8, 4) is 0 Å². The highest BCUT2D eigenvalue weighted by atomic mass is 35.5. The van der Waals surface area contributed by atoms with Crippen LogP contribution in [0.5, 0.6) is 0 Å². The van der Waals surface area contributed by atoms with E-state index in [0.717, 1.165) is 17.4 Å². The molecule has 1 heterocycles. The molecule has 1 amide bonds. The summed E-state index contributed by atoms with van der Waals surface area (Å²) < 4.78 is 14.0. The van der Waals surface area contributed by atoms with Gasteiger partial charge in [-0.05, 0) is 30.3 Å². The first-order chi connectivity index (χ1) is 8.97. The molecule has 2 rings (SSSR count). The fourth-order valence-electron chi connectivity index (χ4n) is 1.37. The van der Waals surface area contributed by atoms with E-state index in [1.54, 1.807) is 6.07 Å². The third-order valence-electron chi connectivity index (χ3n) is 2.26. The second-order valence-electron chi connectivity index (χ2n) is 3.56. The Bertz CT molecular complexity index is 656. The number of carbonyl (C=O) groups excluding carboxylic acids is 1. The molecule has 0 bridgehead atoms. The van der Waals surface area contributed by atoms with Gasteiger partial charge >= 0.3 is 5.97 Å². The van der Waals surface area contributed by atoms with Crippen LogP contribution in [0.4, 0.5) is 10.1 Å². The monoisotopic (exact) mass is 299 g/mol. The maximum absolute atomic E-state index is 13.6. The first-order valence-corrected chi connectivity index (χ1v) is 6.26. The van der Waals surface area contributed by atoms with E-state index in [0.29, 0.717) is 9.21 Å². The van der Waals surface area contributed by atoms with Crippen LogP contribution in [0.25, 0.3) is 0 Å². The zero-order chi connectivity index (χ0) is 14.0. The highest BCUT2D eigenvalue weighted by molar-refractivity contribution is 7.18. The fourth-order valence-corrected chi connectivity index (χ4v) is 2.31. The van der Waals surface area contributed by atoms with Gasteiger partial charge in [0.2, 0.25) is 0 Å². The first-order valence-electron chi connectivity index (χ1n) is 5.07. The second kappa shape index (κ2) is 5.38. The summed E-state index contributed by atoms with van der Waals surface area (Å²) in [7, 11) is 0. The van der Waals surface area contributed by atoms with Gasteiger partial charge in [0.15, 0.2) is 0 Å². The topological polar surface area (TPSA) is 66.4 Å². The summed E-state index contributed by atoms with van der Waals surface area (Å²) in [5.74, 6) is -2.54. The molecule has 0 atom stereocenters. The van der Waals surface area contributed by atoms with Crippen molar-refractivity contribution >= 4 is 40.5 Å². The van der Waals surface area contributed by atoms with Gasteiger partial charge in [-0.1, -0.05) is 11.6 Å². The molecule has 4 nitrogen and oxygen atoms in total. The molecule has 0 fully saturated rings. The Kier molecular flexibility index (Phi) is 3.82. The molecule has 0 radical (unpaired) electrons. The Balaban J connectivity index is 2.20. The molecule has 1 aromatic heterocycles. The van der Waals surface area contributed by atoms with Crippen LogP contribution in [0.3, 0.4) is 0 Å². The van der Waals surface area contributed by atoms with Crippen molar-refractivity contribution in [2.75, 3.05) is 5.32 Å². The standard InChI is InChI=1S/C12H7ClFNO3S/c13-10-4-3-9(19-10)11(16)15-8-2-1-6(12(17)18)5-7(8)14/h1-5H,(H,15,16)(H,17,18). The molecule has 2 N–H and O–H groups in total. The minimum Gasteiger partial charge on any atom is -0.478 e. The molecule has 19 heavy (non-hydrogen) atoms. The molecule has 98 valence electrons. The van der Waals surface area contributed by atoms with Crippen molar-refractivity contribution in [2.45, 2.75) is 0 Å². The summed E-state index contributed by atoms with van der Waals surface area (Å²) in [6, 6.07) is 6.34. The average Bonchev–Trinajstić information content (AvgIpc) is 2.78. The van der Waals surface area contributed by atoms with Crippen LogP contribution in [0.2, 0.25) is 4.34 Å². The SMILES string of the molecule is O=C(O)c1ccc(NC(=O)c2ccc(Cl)s2)c(F)c1. The van der Waals surface area contributed by atoms with Gasteiger partial charge in [0.25, 0.3) is 5.91 Å². The van der Waals surface area contributed by atoms with Gasteiger partial charge in [-0.3, -0.25) is 4.79 Å². The van der Waals surface area contributed by atoms with Crippen molar-refractivity contribution in [1.29, 1.82) is 0 Å². The summed E-state index contributed by atoms with van der Waals surface area (Å²) in [6.07, 6.45) is 0. The number of amides is 1. The average molecular weight is 300 g/mol. The van der Waals surface area contributed by atoms with Gasteiger partial charge in [-0.25, -0.2) is 9.18 Å². The van der Waals surface area contributed by atoms with Crippen LogP contribution >= 0.6 is 22.9 Å². The minimum atomic E-state index is -1.23. The van der Waals surface area contributed by atoms with E-state index in [2.05, 4.69) is 5.32 Å². The maximum atomic E-state index is 13.6. The number of anilines is 1. The summed E-state index contributed by atoms with van der Waals surface area (Å²) in [4.78, 5) is 22.7. The van der Waals surface area contributed by atoms with E-state index in [1.807, 2.05) is 0 Å². The van der Waals surface area contributed by atoms with Gasteiger partial charge in [0.05, 0.1) is 20.5 Å². The molecule has 0 aliphatic rings. The highest BCUT2D eigenvalue weighted by Gasteiger charge is 2.13. The smallest absolute Gasteiger partial charge is 0.335 e. The van der Waals surface area contributed by atoms with E-state index in [-0.39, 0.29) is 11.3 Å². The third-order valence-corrected chi connectivity index (χ3v) is 3.49. The molecule has 0 saturated carbocycles. The van der Waals surface area contributed by atoms with E-state index in [1.165, 1.54) is 18.2 Å². The zero-order valence-electron chi connectivity index (χ0n) is 9.31. The Morgan fingerprint density at radius 3 is 2.53 bits per heavy atom. The molecule has 0 saturated heterocycles. The van der Waals surface area contributed by atoms with Gasteiger partial charge in [0, 0.05) is 0 Å². The number of aromatic carboxylic acids is 1. The molecule has 0 spiro atoms. The molecule has 2 aromatic rings. The number of nitrogens with one attached hydrogen (secondary N) is 1. The third kappa shape index (κ3) is 3.10. The number of thiophene rings is 1. The molecular formula is C12H7ClFNO3S. The second-order valence-corrected chi connectivity index (χ2v) is 5.27. The van der Waals surface area contributed by atoms with Crippen molar-refractivity contribution in [3.05, 3.63) is 50.9 Å². The number of hydrogen-bond acceptors (Lipinski definition) is 3. The summed E-state index contributed by atoms with van der Waals surface area (Å²) >= 11 is 6.76. The lowest BCUT2D eigenvalue weighted by Crippen LogP contribution is -2.12. The van der Waals surface area contributed by atoms with Crippen molar-refractivity contribution in [1.82, 2.24) is 0 Å². The lowest BCUT2D eigenvalue weighted by Gasteiger charge is -2.05. The summed E-state index contributed by atoms with van der Waals surface area (Å²) in [6.45, 7) is 0. The van der Waals surface area contributed by atoms with E-state index in [4.69, 9.17) is 16.7 Å². The van der Waals surface area contributed by atoms with Crippen LogP contribution in [-0.4, -0.2) is 17.0 Å². The number of benzene rings is 1. The van der Waals surface area contributed by atoms with Crippen LogP contribution in [0.1, 0.15) is 20.0 Å². The lowest BCUT2D eigenvalue weighted by atomic mass is 10.2. The Labute approximate surface area is 116 Å². The van der Waals surface area contributed by atoms with Crippen LogP contribution in [-0.2, 0) is 0 Å². The molecule has 1 aromatic carbocycles. The molecular weight excluding hydrogens is 293 g/mol. The zero-order valence-corrected chi connectivity index (χ0v) is 10.9. The summed E-state index contributed by atoms with van der Waals surface area (Å²) in [5.41, 5.74) is -0.269. The van der Waals surface area contributed by atoms with Crippen molar-refractivity contribution < 1.29 is 19.1 Å². The predicted molar refractivity (Wildman–Crippen MR) is 70.6 cm³/mol. The maximum Gasteiger partial charge on any atom is 0.335 e. The Morgan fingerprint density at radius 1 is 1.26 bits per heavy atom. The van der Waals surface area contributed by atoms with Gasteiger partial charge in [-0.15, -0.1) is 11.3 Å². The van der Waals surface area contributed by atoms with Crippen molar-refractivity contribution in [2.24, 2.45) is 0 Å². The molecule has 0 unspecified atom stereocenters. The van der Waals surface area contributed by atoms with E-state index in [9.17, 15) is 14.0 Å². The molecule has 7 heteroatoms. The fraction of sp³-hybridized carbons (Fsp3) is 0. The molecule has 0 aliphatic heterocycles. The van der Waals surface area contributed by atoms with Gasteiger partial charge < -0.3 is 10.4 Å². The van der Waals surface area contributed by atoms with Crippen LogP contribution in [0, 0.1) is 5.82 Å². The van der Waals surface area contributed by atoms with Gasteiger partial charge in [-0.2, -0.15) is 0 Å². The first kappa shape index (κ1) is 13.5. The molecule has 0 aliphatic carbocycles. The number of carboxylic acid groups (broad SMARTS) is 1. The number of carboxylic acids is 1. The predicted octanol–water partition coefficient (Wildman–Crippen LogP) is 3.49. The number of halogens is 2. The Morgan fingerprint density at radius 2 is 2.00 bits per heavy atom. The quantitative estimate of drug-likeness (QED) is 0.911. The highest BCUT2D eigenvalue weighted by Crippen LogP contribution is 2.23. The largest absolute Gasteiger partial charge is 0.478 e. The van der Waals surface area contributed by atoms with Gasteiger partial charge in [0.1, 0.15) is 5.82 Å². The van der Waals surface area contributed by atoms with Crippen molar-refractivity contribution in [3.63, 3.8) is 0 Å². The van der Waals surface area contributed by atoms with Crippen LogP contribution in [0.15, 0.2) is 30.3 Å². The Hall–Kier alpha value is -1.92. The van der Waals surface area contributed by atoms with E-state index < -0.39 is 17.7 Å². The lowest BCUT2D eigenvalue weighted by molar-refractivity contribution is 0.0696. The minimum absolute atomic E-state index is 0.0838. The number of carbonyl (C=O) groups is 2. The number of rotatable bonds is 3. The summed E-state index contributed by atoms with van der Waals surface area (Å²) in [5, 5.41) is 11.0.